The van der Waals surface area contributed by atoms with Crippen LogP contribution in [0, 0.1) is 0 Å². The van der Waals surface area contributed by atoms with Gasteiger partial charge in [0.2, 0.25) is 0 Å². The number of aromatic nitrogens is 3. The highest BCUT2D eigenvalue weighted by Crippen LogP contribution is 2.20. The predicted molar refractivity (Wildman–Crippen MR) is 79.3 cm³/mol. The Kier molecular flexibility index (Phi) is 2.32. The van der Waals surface area contributed by atoms with Crippen LogP contribution in [-0.4, -0.2) is 15.0 Å². The van der Waals surface area contributed by atoms with Gasteiger partial charge in [0.15, 0.2) is 5.69 Å². The van der Waals surface area contributed by atoms with Gasteiger partial charge in [0.05, 0.1) is 5.52 Å². The third-order valence-electron chi connectivity index (χ3n) is 3.32. The van der Waals surface area contributed by atoms with Crippen molar-refractivity contribution in [3.63, 3.8) is 0 Å². The van der Waals surface area contributed by atoms with E-state index in [0.29, 0.717) is 22.5 Å². The Hall–Kier alpha value is -3.15. The van der Waals surface area contributed by atoms with Crippen LogP contribution < -0.4 is 11.4 Å². The van der Waals surface area contributed by atoms with E-state index in [1.165, 1.54) is 4.68 Å². The van der Waals surface area contributed by atoms with Gasteiger partial charge >= 0.3 is 5.63 Å². The van der Waals surface area contributed by atoms with Gasteiger partial charge in [-0.15, -0.1) is 5.10 Å². The van der Waals surface area contributed by atoms with Gasteiger partial charge in [-0.05, 0) is 30.3 Å². The van der Waals surface area contributed by atoms with E-state index in [-0.39, 0.29) is 0 Å². The second kappa shape index (κ2) is 4.17. The molecule has 0 aliphatic rings. The van der Waals surface area contributed by atoms with Crippen molar-refractivity contribution in [2.24, 2.45) is 0 Å². The highest BCUT2D eigenvalue weighted by Gasteiger charge is 2.12. The van der Waals surface area contributed by atoms with Gasteiger partial charge in [-0.1, -0.05) is 17.3 Å². The van der Waals surface area contributed by atoms with Crippen molar-refractivity contribution in [1.29, 1.82) is 0 Å². The van der Waals surface area contributed by atoms with E-state index in [1.807, 2.05) is 24.3 Å². The normalized spacial score (nSPS) is 11.2. The average molecular weight is 278 g/mol. The van der Waals surface area contributed by atoms with Crippen LogP contribution in [0.5, 0.6) is 0 Å². The van der Waals surface area contributed by atoms with Crippen LogP contribution in [0.25, 0.3) is 27.7 Å². The molecule has 4 aromatic rings. The zero-order chi connectivity index (χ0) is 14.4. The molecule has 6 heteroatoms. The minimum atomic E-state index is -0.483. The van der Waals surface area contributed by atoms with Crippen LogP contribution in [0.3, 0.4) is 0 Å². The third-order valence-corrected chi connectivity index (χ3v) is 3.32. The highest BCUT2D eigenvalue weighted by molar-refractivity contribution is 5.82. The highest BCUT2D eigenvalue weighted by atomic mass is 16.4. The van der Waals surface area contributed by atoms with Gasteiger partial charge in [0, 0.05) is 17.1 Å². The zero-order valence-electron chi connectivity index (χ0n) is 10.9. The maximum atomic E-state index is 12.2. The molecule has 0 fully saturated rings. The molecule has 21 heavy (non-hydrogen) atoms. The number of rotatable bonds is 1. The van der Waals surface area contributed by atoms with E-state index < -0.39 is 5.63 Å². The standard InChI is InChI=1S/C15H10N4O2/c16-10-6-5-9-7-13(15(20)21-14(9)8-10)19-12-4-2-1-3-11(12)17-18-19/h1-8H,16H2. The number of nitrogens with two attached hydrogens (primary N) is 1. The fourth-order valence-corrected chi connectivity index (χ4v) is 2.31. The van der Waals surface area contributed by atoms with Gasteiger partial charge in [-0.25, -0.2) is 9.48 Å². The maximum absolute atomic E-state index is 12.2. The quantitative estimate of drug-likeness (QED) is 0.425. The Bertz CT molecular complexity index is 1030. The van der Waals surface area contributed by atoms with E-state index in [2.05, 4.69) is 10.3 Å². The number of nitrogen functional groups attached to an aromatic ring is 1. The van der Waals surface area contributed by atoms with E-state index in [9.17, 15) is 4.79 Å². The Morgan fingerprint density at radius 2 is 1.95 bits per heavy atom. The van der Waals surface area contributed by atoms with Crippen molar-refractivity contribution >= 4 is 27.7 Å². The van der Waals surface area contributed by atoms with E-state index in [0.717, 1.165) is 10.9 Å². The van der Waals surface area contributed by atoms with Crippen molar-refractivity contribution in [3.8, 4) is 5.69 Å². The number of nitrogens with zero attached hydrogens (tertiary/aromatic N) is 3. The van der Waals surface area contributed by atoms with Gasteiger partial charge in [-0.3, -0.25) is 0 Å². The van der Waals surface area contributed by atoms with Crippen LogP contribution in [0.2, 0.25) is 0 Å². The summed E-state index contributed by atoms with van der Waals surface area (Å²) in [7, 11) is 0. The Morgan fingerprint density at radius 1 is 1.10 bits per heavy atom. The summed E-state index contributed by atoms with van der Waals surface area (Å²) < 4.78 is 6.81. The maximum Gasteiger partial charge on any atom is 0.362 e. The van der Waals surface area contributed by atoms with Gasteiger partial charge in [-0.2, -0.15) is 0 Å². The fraction of sp³-hybridized carbons (Fsp3) is 0. The number of benzene rings is 2. The summed E-state index contributed by atoms with van der Waals surface area (Å²) in [5.74, 6) is 0. The average Bonchev–Trinajstić information content (AvgIpc) is 2.90. The second-order valence-corrected chi connectivity index (χ2v) is 4.71. The summed E-state index contributed by atoms with van der Waals surface area (Å²) in [6.07, 6.45) is 0. The number of anilines is 1. The Labute approximate surface area is 118 Å². The number of fused-ring (bicyclic) bond motifs is 2. The first kappa shape index (κ1) is 11.7. The first-order valence-electron chi connectivity index (χ1n) is 6.36. The molecule has 0 aliphatic heterocycles. The van der Waals surface area contributed by atoms with Crippen LogP contribution in [0.1, 0.15) is 0 Å². The number of hydrogen-bond donors (Lipinski definition) is 1. The van der Waals surface area contributed by atoms with Crippen LogP contribution >= 0.6 is 0 Å². The first-order valence-corrected chi connectivity index (χ1v) is 6.36. The van der Waals surface area contributed by atoms with Crippen molar-refractivity contribution in [2.45, 2.75) is 0 Å². The molecule has 2 heterocycles. The summed E-state index contributed by atoms with van der Waals surface area (Å²) in [5, 5.41) is 8.85. The summed E-state index contributed by atoms with van der Waals surface area (Å²) in [6.45, 7) is 0. The lowest BCUT2D eigenvalue weighted by Crippen LogP contribution is -2.11. The molecule has 0 atom stereocenters. The first-order chi connectivity index (χ1) is 10.2. The molecule has 0 amide bonds. The molecule has 0 saturated carbocycles. The van der Waals surface area contributed by atoms with Gasteiger partial charge in [0.25, 0.3) is 0 Å². The Balaban J connectivity index is 2.04. The van der Waals surface area contributed by atoms with Gasteiger partial charge < -0.3 is 10.2 Å². The SMILES string of the molecule is Nc1ccc2cc(-n3nnc4ccccc43)c(=O)oc2c1. The molecular formula is C15H10N4O2. The summed E-state index contributed by atoms with van der Waals surface area (Å²) >= 11 is 0. The van der Waals surface area contributed by atoms with Crippen molar-refractivity contribution in [1.82, 2.24) is 15.0 Å². The lowest BCUT2D eigenvalue weighted by molar-refractivity contribution is 0.552. The molecule has 0 spiro atoms. The fourth-order valence-electron chi connectivity index (χ4n) is 2.31. The molecule has 0 radical (unpaired) electrons. The zero-order valence-corrected chi connectivity index (χ0v) is 10.9. The van der Waals surface area contributed by atoms with Crippen LogP contribution in [0.4, 0.5) is 5.69 Å². The molecule has 0 bridgehead atoms. The molecular weight excluding hydrogens is 268 g/mol. The molecule has 2 aromatic carbocycles. The molecule has 102 valence electrons. The lowest BCUT2D eigenvalue weighted by atomic mass is 10.2. The van der Waals surface area contributed by atoms with Crippen LogP contribution in [0.15, 0.2) is 57.7 Å². The minimum Gasteiger partial charge on any atom is -0.421 e. The monoisotopic (exact) mass is 278 g/mol. The summed E-state index contributed by atoms with van der Waals surface area (Å²) in [4.78, 5) is 12.2. The van der Waals surface area contributed by atoms with E-state index >= 15 is 0 Å². The molecule has 6 nitrogen and oxygen atoms in total. The number of para-hydroxylation sites is 1. The molecule has 0 unspecified atom stereocenters. The topological polar surface area (TPSA) is 86.9 Å². The summed E-state index contributed by atoms with van der Waals surface area (Å²) in [6, 6.07) is 14.3. The molecule has 2 aromatic heterocycles. The Morgan fingerprint density at radius 3 is 2.86 bits per heavy atom. The minimum absolute atomic E-state index is 0.320. The third kappa shape index (κ3) is 1.77. The van der Waals surface area contributed by atoms with E-state index in [4.69, 9.17) is 10.2 Å². The predicted octanol–water partition coefficient (Wildman–Crippen LogP) is 2.11. The van der Waals surface area contributed by atoms with E-state index in [1.54, 1.807) is 24.3 Å². The molecule has 4 rings (SSSR count). The van der Waals surface area contributed by atoms with Crippen molar-refractivity contribution < 1.29 is 4.42 Å². The molecule has 0 saturated heterocycles. The second-order valence-electron chi connectivity index (χ2n) is 4.71. The van der Waals surface area contributed by atoms with Crippen molar-refractivity contribution in [2.75, 3.05) is 5.73 Å². The van der Waals surface area contributed by atoms with Gasteiger partial charge in [0.1, 0.15) is 11.1 Å². The van der Waals surface area contributed by atoms with Crippen LogP contribution in [-0.2, 0) is 0 Å². The lowest BCUT2D eigenvalue weighted by Gasteiger charge is -2.03. The van der Waals surface area contributed by atoms with Crippen molar-refractivity contribution in [3.05, 3.63) is 59.0 Å². The summed E-state index contributed by atoms with van der Waals surface area (Å²) in [5.41, 5.74) is 7.99. The molecule has 2 N–H and O–H groups in total. The molecule has 0 aliphatic carbocycles. The smallest absolute Gasteiger partial charge is 0.362 e. The largest absolute Gasteiger partial charge is 0.421 e. The number of hydrogen-bond acceptors (Lipinski definition) is 5.